The van der Waals surface area contributed by atoms with Gasteiger partial charge in [-0.05, 0) is 60.3 Å². The van der Waals surface area contributed by atoms with E-state index >= 15 is 0 Å². The van der Waals surface area contributed by atoms with E-state index < -0.39 is 17.8 Å². The molecule has 0 amide bonds. The van der Waals surface area contributed by atoms with Gasteiger partial charge in [-0.2, -0.15) is 4.39 Å². The number of hydrogen-bond acceptors (Lipinski definition) is 7. The number of hydrogen-bond donors (Lipinski definition) is 0. The average Bonchev–Trinajstić information content (AvgIpc) is 2.72. The molecule has 2 rings (SSSR count). The van der Waals surface area contributed by atoms with Crippen LogP contribution in [0.2, 0.25) is 0 Å². The van der Waals surface area contributed by atoms with Crippen LogP contribution in [-0.2, 0) is 14.3 Å². The molecule has 0 radical (unpaired) electrons. The summed E-state index contributed by atoms with van der Waals surface area (Å²) in [7, 11) is 0. The first kappa shape index (κ1) is 21.9. The van der Waals surface area contributed by atoms with Gasteiger partial charge in [0, 0.05) is 16.5 Å². The van der Waals surface area contributed by atoms with Gasteiger partial charge in [-0.1, -0.05) is 13.2 Å². The second-order valence-corrected chi connectivity index (χ2v) is 6.45. The highest BCUT2D eigenvalue weighted by atomic mass is 32.2. The predicted molar refractivity (Wildman–Crippen MR) is 106 cm³/mol. The highest BCUT2D eigenvalue weighted by Gasteiger charge is 2.10. The van der Waals surface area contributed by atoms with Gasteiger partial charge in [-0.25, -0.2) is 9.59 Å². The lowest BCUT2D eigenvalue weighted by atomic mass is 10.2. The summed E-state index contributed by atoms with van der Waals surface area (Å²) in [6, 6.07) is 12.9. The zero-order valence-corrected chi connectivity index (χ0v) is 16.1. The summed E-state index contributed by atoms with van der Waals surface area (Å²) in [5, 5.41) is -0.182. The molecule has 0 bridgehead atoms. The lowest BCUT2D eigenvalue weighted by Crippen LogP contribution is -2.12. The third kappa shape index (κ3) is 7.27. The maximum absolute atomic E-state index is 12.4. The molecular weight excluding hydrogens is 399 g/mol. The number of benzene rings is 2. The van der Waals surface area contributed by atoms with Crippen LogP contribution in [0.1, 0.15) is 10.4 Å². The molecule has 0 unspecified atom stereocenters. The highest BCUT2D eigenvalue weighted by molar-refractivity contribution is 8.14. The van der Waals surface area contributed by atoms with Crippen molar-refractivity contribution in [3.63, 3.8) is 0 Å². The van der Waals surface area contributed by atoms with Gasteiger partial charge in [0.2, 0.25) is 10.9 Å². The predicted octanol–water partition coefficient (Wildman–Crippen LogP) is 4.12. The lowest BCUT2D eigenvalue weighted by Gasteiger charge is -2.07. The van der Waals surface area contributed by atoms with E-state index in [4.69, 9.17) is 9.47 Å². The number of esters is 2. The van der Waals surface area contributed by atoms with E-state index in [0.717, 1.165) is 17.8 Å². The topological polar surface area (TPSA) is 78.9 Å². The molecule has 2 aromatic carbocycles. The van der Waals surface area contributed by atoms with Crippen molar-refractivity contribution < 1.29 is 33.0 Å². The molecule has 0 N–H and O–H groups in total. The molecule has 0 atom stereocenters. The average molecular weight is 416 g/mol. The van der Waals surface area contributed by atoms with E-state index in [2.05, 4.69) is 17.9 Å². The van der Waals surface area contributed by atoms with Crippen molar-refractivity contribution in [3.8, 4) is 11.5 Å². The first-order chi connectivity index (χ1) is 13.9. The lowest BCUT2D eigenvalue weighted by molar-refractivity contribution is -0.141. The molecule has 0 heterocycles. The van der Waals surface area contributed by atoms with Crippen LogP contribution in [0.5, 0.6) is 11.5 Å². The van der Waals surface area contributed by atoms with E-state index in [1.165, 1.54) is 12.1 Å². The van der Waals surface area contributed by atoms with Crippen molar-refractivity contribution in [2.24, 2.45) is 0 Å². The number of carbonyl (C=O) groups is 3. The van der Waals surface area contributed by atoms with E-state index in [0.29, 0.717) is 22.0 Å². The first-order valence-electron chi connectivity index (χ1n) is 8.30. The summed E-state index contributed by atoms with van der Waals surface area (Å²) in [5.74, 6) is -2.04. The summed E-state index contributed by atoms with van der Waals surface area (Å²) in [4.78, 5) is 35.1. The van der Waals surface area contributed by atoms with Crippen molar-refractivity contribution in [2.45, 2.75) is 4.90 Å². The van der Waals surface area contributed by atoms with Crippen molar-refractivity contribution in [1.82, 2.24) is 0 Å². The zero-order valence-electron chi connectivity index (χ0n) is 15.3. The standard InChI is InChI=1S/C21H17FO6S/c1-3-19(23)28-17-6-4-15(5-7-17)21(25)29-18-10-8-16(9-11-18)26-12-13-27-20(24)14(2)22/h3-11H,1-2,12-13H2. The molecule has 2 aromatic rings. The summed E-state index contributed by atoms with van der Waals surface area (Å²) in [6.45, 7) is 6.08. The van der Waals surface area contributed by atoms with Crippen LogP contribution in [0.3, 0.4) is 0 Å². The number of ether oxygens (including phenoxy) is 3. The fourth-order valence-electron chi connectivity index (χ4n) is 1.96. The van der Waals surface area contributed by atoms with E-state index in [-0.39, 0.29) is 18.3 Å². The third-order valence-electron chi connectivity index (χ3n) is 3.32. The Balaban J connectivity index is 1.83. The fraction of sp³-hybridized carbons (Fsp3) is 0.0952. The van der Waals surface area contributed by atoms with E-state index in [9.17, 15) is 18.8 Å². The largest absolute Gasteiger partial charge is 0.490 e. The minimum atomic E-state index is -1.16. The Morgan fingerprint density at radius 2 is 1.59 bits per heavy atom. The molecule has 0 fully saturated rings. The Hall–Kier alpha value is -3.39. The number of rotatable bonds is 9. The molecule has 0 aliphatic heterocycles. The van der Waals surface area contributed by atoms with Crippen molar-refractivity contribution >= 4 is 28.8 Å². The Kier molecular flexibility index (Phi) is 8.17. The number of thioether (sulfide) groups is 1. The molecule has 0 spiro atoms. The number of halogens is 1. The Labute approximate surface area is 171 Å². The van der Waals surface area contributed by atoms with E-state index in [1.54, 1.807) is 36.4 Å². The quantitative estimate of drug-likeness (QED) is 0.200. The molecule has 29 heavy (non-hydrogen) atoms. The maximum atomic E-state index is 12.4. The minimum absolute atomic E-state index is 0.0488. The molecular formula is C21H17FO6S. The molecule has 0 aromatic heterocycles. The second kappa shape index (κ2) is 10.8. The van der Waals surface area contributed by atoms with Gasteiger partial charge in [0.1, 0.15) is 24.7 Å². The summed E-state index contributed by atoms with van der Waals surface area (Å²) < 4.78 is 27.3. The molecule has 0 saturated carbocycles. The molecule has 6 nitrogen and oxygen atoms in total. The third-order valence-corrected chi connectivity index (χ3v) is 4.25. The molecule has 150 valence electrons. The normalized spacial score (nSPS) is 9.97. The van der Waals surface area contributed by atoms with E-state index in [1.807, 2.05) is 0 Å². The zero-order chi connectivity index (χ0) is 21.2. The summed E-state index contributed by atoms with van der Waals surface area (Å²) >= 11 is 1.03. The molecule has 0 aliphatic rings. The summed E-state index contributed by atoms with van der Waals surface area (Å²) in [6.07, 6.45) is 1.05. The molecule has 0 saturated heterocycles. The first-order valence-corrected chi connectivity index (χ1v) is 9.11. The Morgan fingerprint density at radius 3 is 2.17 bits per heavy atom. The van der Waals surface area contributed by atoms with Crippen LogP contribution in [0.15, 0.2) is 78.5 Å². The molecule has 0 aliphatic carbocycles. The van der Waals surface area contributed by atoms with Crippen molar-refractivity contribution in [3.05, 3.63) is 79.2 Å². The van der Waals surface area contributed by atoms with Gasteiger partial charge in [0.05, 0.1) is 0 Å². The van der Waals surface area contributed by atoms with Gasteiger partial charge in [-0.15, -0.1) is 0 Å². The maximum Gasteiger partial charge on any atom is 0.366 e. The van der Waals surface area contributed by atoms with Gasteiger partial charge < -0.3 is 14.2 Å². The van der Waals surface area contributed by atoms with Crippen LogP contribution in [0.25, 0.3) is 0 Å². The van der Waals surface area contributed by atoms with Crippen molar-refractivity contribution in [1.29, 1.82) is 0 Å². The van der Waals surface area contributed by atoms with Crippen LogP contribution >= 0.6 is 11.8 Å². The molecule has 8 heteroatoms. The van der Waals surface area contributed by atoms with Gasteiger partial charge in [-0.3, -0.25) is 4.79 Å². The van der Waals surface area contributed by atoms with Crippen LogP contribution in [0, 0.1) is 0 Å². The summed E-state index contributed by atoms with van der Waals surface area (Å²) in [5.41, 5.74) is 0.449. The Bertz CT molecular complexity index is 906. The van der Waals surface area contributed by atoms with Crippen LogP contribution in [-0.4, -0.2) is 30.3 Å². The van der Waals surface area contributed by atoms with Gasteiger partial charge >= 0.3 is 11.9 Å². The minimum Gasteiger partial charge on any atom is -0.490 e. The monoisotopic (exact) mass is 416 g/mol. The van der Waals surface area contributed by atoms with Crippen LogP contribution in [0.4, 0.5) is 4.39 Å². The fourth-order valence-corrected chi connectivity index (χ4v) is 2.70. The van der Waals surface area contributed by atoms with Crippen molar-refractivity contribution in [2.75, 3.05) is 13.2 Å². The number of carbonyl (C=O) groups excluding carboxylic acids is 3. The van der Waals surface area contributed by atoms with Gasteiger partial charge in [0.25, 0.3) is 0 Å². The SMILES string of the molecule is C=CC(=O)Oc1ccc(C(=O)Sc2ccc(OCCOC(=O)C(=C)F)cc2)cc1. The van der Waals surface area contributed by atoms with Crippen LogP contribution < -0.4 is 9.47 Å². The smallest absolute Gasteiger partial charge is 0.366 e. The van der Waals surface area contributed by atoms with Gasteiger partial charge in [0.15, 0.2) is 0 Å². The Morgan fingerprint density at radius 1 is 0.966 bits per heavy atom. The highest BCUT2D eigenvalue weighted by Crippen LogP contribution is 2.26. The second-order valence-electron chi connectivity index (χ2n) is 5.40.